The molecule has 1 N–H and O–H groups in total. The molecule has 3 heteroatoms. The second-order valence-electron chi connectivity index (χ2n) is 5.64. The lowest BCUT2D eigenvalue weighted by atomic mass is 9.88. The van der Waals surface area contributed by atoms with Crippen LogP contribution in [0.4, 0.5) is 0 Å². The van der Waals surface area contributed by atoms with Crippen LogP contribution in [0.1, 0.15) is 50.8 Å². The SMILES string of the molecule is CC(C)(C)S(=O)N[C@@H]1CCCc2ccccc21. The quantitative estimate of drug-likeness (QED) is 0.859. The van der Waals surface area contributed by atoms with Gasteiger partial charge in [0.05, 0.1) is 15.7 Å². The van der Waals surface area contributed by atoms with Gasteiger partial charge in [0, 0.05) is 6.04 Å². The van der Waals surface area contributed by atoms with Gasteiger partial charge in [0.15, 0.2) is 0 Å². The van der Waals surface area contributed by atoms with Crippen molar-refractivity contribution in [1.29, 1.82) is 0 Å². The van der Waals surface area contributed by atoms with Crippen LogP contribution in [0.3, 0.4) is 0 Å². The molecule has 0 saturated carbocycles. The Morgan fingerprint density at radius 2 is 2.00 bits per heavy atom. The number of hydrogen-bond donors (Lipinski definition) is 1. The van der Waals surface area contributed by atoms with Crippen LogP contribution in [0.25, 0.3) is 0 Å². The molecule has 0 heterocycles. The molecule has 1 aromatic carbocycles. The predicted molar refractivity (Wildman–Crippen MR) is 73.2 cm³/mol. The molecule has 1 aliphatic carbocycles. The van der Waals surface area contributed by atoms with Crippen LogP contribution in [0, 0.1) is 0 Å². The Morgan fingerprint density at radius 1 is 1.29 bits per heavy atom. The van der Waals surface area contributed by atoms with E-state index < -0.39 is 11.0 Å². The number of benzene rings is 1. The van der Waals surface area contributed by atoms with Crippen molar-refractivity contribution < 1.29 is 4.21 Å². The fourth-order valence-electron chi connectivity index (χ4n) is 2.18. The number of hydrogen-bond acceptors (Lipinski definition) is 1. The highest BCUT2D eigenvalue weighted by molar-refractivity contribution is 7.84. The van der Waals surface area contributed by atoms with Gasteiger partial charge in [0.1, 0.15) is 0 Å². The van der Waals surface area contributed by atoms with Crippen molar-refractivity contribution in [3.05, 3.63) is 35.4 Å². The summed E-state index contributed by atoms with van der Waals surface area (Å²) in [5, 5.41) is 0. The highest BCUT2D eigenvalue weighted by Gasteiger charge is 2.26. The molecule has 2 nitrogen and oxygen atoms in total. The van der Waals surface area contributed by atoms with Crippen LogP contribution in [0.5, 0.6) is 0 Å². The molecule has 0 aromatic heterocycles. The molecule has 0 saturated heterocycles. The van der Waals surface area contributed by atoms with E-state index in [0.29, 0.717) is 0 Å². The standard InChI is InChI=1S/C14H21NOS/c1-14(2,3)17(16)15-13-10-6-8-11-7-4-5-9-12(11)13/h4-5,7,9,13,15H,6,8,10H2,1-3H3/t13-,17?/m1/s1. The summed E-state index contributed by atoms with van der Waals surface area (Å²) in [6.45, 7) is 6.01. The largest absolute Gasteiger partial charge is 0.242 e. The zero-order chi connectivity index (χ0) is 12.5. The molecule has 0 spiro atoms. The summed E-state index contributed by atoms with van der Waals surface area (Å²) in [6, 6.07) is 8.75. The van der Waals surface area contributed by atoms with Gasteiger partial charge in [-0.1, -0.05) is 24.3 Å². The van der Waals surface area contributed by atoms with E-state index in [1.807, 2.05) is 20.8 Å². The third kappa shape index (κ3) is 2.96. The molecule has 17 heavy (non-hydrogen) atoms. The van der Waals surface area contributed by atoms with Crippen LogP contribution >= 0.6 is 0 Å². The molecule has 0 bridgehead atoms. The van der Waals surface area contributed by atoms with Crippen molar-refractivity contribution in [2.75, 3.05) is 0 Å². The lowest BCUT2D eigenvalue weighted by molar-refractivity contribution is 0.523. The van der Waals surface area contributed by atoms with Crippen molar-refractivity contribution in [1.82, 2.24) is 4.72 Å². The molecule has 0 amide bonds. The highest BCUT2D eigenvalue weighted by atomic mass is 32.2. The average molecular weight is 251 g/mol. The van der Waals surface area contributed by atoms with Gasteiger partial charge < -0.3 is 0 Å². The minimum atomic E-state index is -0.992. The number of nitrogens with one attached hydrogen (secondary N) is 1. The normalized spacial score (nSPS) is 21.9. The average Bonchev–Trinajstić information content (AvgIpc) is 2.28. The fraction of sp³-hybridized carbons (Fsp3) is 0.571. The zero-order valence-corrected chi connectivity index (χ0v) is 11.6. The number of fused-ring (bicyclic) bond motifs is 1. The van der Waals surface area contributed by atoms with Crippen molar-refractivity contribution in [2.45, 2.75) is 50.8 Å². The molecular weight excluding hydrogens is 230 g/mol. The molecule has 1 unspecified atom stereocenters. The third-order valence-corrected chi connectivity index (χ3v) is 4.79. The Balaban J connectivity index is 2.17. The molecular formula is C14H21NOS. The number of aryl methyl sites for hydroxylation is 1. The van der Waals surface area contributed by atoms with E-state index in [1.54, 1.807) is 0 Å². The predicted octanol–water partition coefficient (Wildman–Crippen LogP) is 3.12. The van der Waals surface area contributed by atoms with Crippen molar-refractivity contribution in [3.8, 4) is 0 Å². The van der Waals surface area contributed by atoms with Gasteiger partial charge in [0.25, 0.3) is 0 Å². The van der Waals surface area contributed by atoms with Gasteiger partial charge in [0.2, 0.25) is 0 Å². The second kappa shape index (κ2) is 4.91. The Kier molecular flexibility index (Phi) is 3.69. The van der Waals surface area contributed by atoms with Gasteiger partial charge in [-0.2, -0.15) is 0 Å². The smallest absolute Gasteiger partial charge is 0.0975 e. The Hall–Kier alpha value is -0.670. The first-order chi connectivity index (χ1) is 7.98. The summed E-state index contributed by atoms with van der Waals surface area (Å²) in [4.78, 5) is 0. The summed E-state index contributed by atoms with van der Waals surface area (Å²) >= 11 is 0. The first kappa shape index (κ1) is 12.8. The maximum atomic E-state index is 12.1. The van der Waals surface area contributed by atoms with E-state index >= 15 is 0 Å². The zero-order valence-electron chi connectivity index (χ0n) is 10.8. The topological polar surface area (TPSA) is 29.1 Å². The molecule has 2 rings (SSSR count). The highest BCUT2D eigenvalue weighted by Crippen LogP contribution is 2.30. The van der Waals surface area contributed by atoms with Crippen molar-refractivity contribution >= 4 is 11.0 Å². The van der Waals surface area contributed by atoms with E-state index in [9.17, 15) is 4.21 Å². The van der Waals surface area contributed by atoms with Crippen LogP contribution in [-0.4, -0.2) is 8.96 Å². The minimum absolute atomic E-state index is 0.202. The van der Waals surface area contributed by atoms with Gasteiger partial charge in [-0.3, -0.25) is 0 Å². The van der Waals surface area contributed by atoms with Crippen LogP contribution < -0.4 is 4.72 Å². The molecule has 94 valence electrons. The van der Waals surface area contributed by atoms with Crippen molar-refractivity contribution in [2.24, 2.45) is 0 Å². The molecule has 0 aliphatic heterocycles. The van der Waals surface area contributed by atoms with E-state index in [1.165, 1.54) is 17.5 Å². The van der Waals surface area contributed by atoms with Crippen LogP contribution in [0.2, 0.25) is 0 Å². The molecule has 1 aromatic rings. The summed E-state index contributed by atoms with van der Waals surface area (Å²) in [5.41, 5.74) is 2.73. The second-order valence-corrected chi connectivity index (χ2v) is 7.64. The van der Waals surface area contributed by atoms with E-state index in [2.05, 4.69) is 29.0 Å². The third-order valence-electron chi connectivity index (χ3n) is 3.17. The lowest BCUT2D eigenvalue weighted by Gasteiger charge is -2.29. The van der Waals surface area contributed by atoms with Gasteiger partial charge in [-0.15, -0.1) is 0 Å². The lowest BCUT2D eigenvalue weighted by Crippen LogP contribution is -2.36. The Morgan fingerprint density at radius 3 is 2.71 bits per heavy atom. The fourth-order valence-corrected chi connectivity index (χ4v) is 3.04. The van der Waals surface area contributed by atoms with Gasteiger partial charge in [-0.25, -0.2) is 8.93 Å². The summed E-state index contributed by atoms with van der Waals surface area (Å²) < 4.78 is 15.2. The maximum Gasteiger partial charge on any atom is 0.0975 e. The molecule has 2 atom stereocenters. The first-order valence-electron chi connectivity index (χ1n) is 6.24. The Labute approximate surface area is 106 Å². The monoisotopic (exact) mass is 251 g/mol. The maximum absolute atomic E-state index is 12.1. The van der Waals surface area contributed by atoms with Crippen molar-refractivity contribution in [3.63, 3.8) is 0 Å². The van der Waals surface area contributed by atoms with Gasteiger partial charge >= 0.3 is 0 Å². The van der Waals surface area contributed by atoms with Crippen LogP contribution in [-0.2, 0) is 17.4 Å². The summed E-state index contributed by atoms with van der Waals surface area (Å²) in [6.07, 6.45) is 3.41. The molecule has 0 radical (unpaired) electrons. The van der Waals surface area contributed by atoms with Gasteiger partial charge in [-0.05, 0) is 51.2 Å². The first-order valence-corrected chi connectivity index (χ1v) is 7.39. The van der Waals surface area contributed by atoms with E-state index in [-0.39, 0.29) is 10.8 Å². The molecule has 0 fully saturated rings. The number of rotatable bonds is 2. The Bertz CT molecular complexity index is 422. The summed E-state index contributed by atoms with van der Waals surface area (Å²) in [7, 11) is -0.992. The van der Waals surface area contributed by atoms with E-state index in [0.717, 1.165) is 12.8 Å². The minimum Gasteiger partial charge on any atom is -0.242 e. The molecule has 1 aliphatic rings. The summed E-state index contributed by atoms with van der Waals surface area (Å²) in [5.74, 6) is 0. The van der Waals surface area contributed by atoms with Crippen LogP contribution in [0.15, 0.2) is 24.3 Å². The van der Waals surface area contributed by atoms with E-state index in [4.69, 9.17) is 0 Å².